The largest absolute Gasteiger partial charge is 0.475 e. The minimum Gasteiger partial charge on any atom is -0.475 e. The Morgan fingerprint density at radius 2 is 2.07 bits per heavy atom. The molecule has 0 bridgehead atoms. The van der Waals surface area contributed by atoms with Gasteiger partial charge in [0.25, 0.3) is 0 Å². The van der Waals surface area contributed by atoms with Crippen molar-refractivity contribution in [3.63, 3.8) is 0 Å². The number of para-hydroxylation sites is 1. The number of fused-ring (bicyclic) bond motifs is 1. The Kier molecular flexibility index (Phi) is 2.55. The summed E-state index contributed by atoms with van der Waals surface area (Å²) in [6, 6.07) is 7.59. The Hall–Kier alpha value is -1.68. The molecular formula is C10H10N2O2. The first-order chi connectivity index (χ1) is 6.92. The van der Waals surface area contributed by atoms with Crippen molar-refractivity contribution in [1.29, 1.82) is 0 Å². The third-order valence-corrected chi connectivity index (χ3v) is 1.84. The average Bonchev–Trinajstić information content (AvgIpc) is 2.26. The molecule has 0 saturated heterocycles. The number of hydrogen-bond acceptors (Lipinski definition) is 4. The van der Waals surface area contributed by atoms with Crippen molar-refractivity contribution >= 4 is 10.9 Å². The molecule has 0 radical (unpaired) electrons. The first kappa shape index (κ1) is 8.90. The summed E-state index contributed by atoms with van der Waals surface area (Å²) < 4.78 is 5.27. The fraction of sp³-hybridized carbons (Fsp3) is 0.200. The van der Waals surface area contributed by atoms with Crippen LogP contribution in [-0.2, 0) is 0 Å². The van der Waals surface area contributed by atoms with Gasteiger partial charge in [0.2, 0.25) is 5.88 Å². The van der Waals surface area contributed by atoms with Crippen LogP contribution in [0.4, 0.5) is 0 Å². The number of nitrogens with zero attached hydrogens (tertiary/aromatic N) is 2. The molecule has 0 saturated carbocycles. The summed E-state index contributed by atoms with van der Waals surface area (Å²) in [6.07, 6.45) is 1.45. The minimum absolute atomic E-state index is 0.0155. The Morgan fingerprint density at radius 1 is 1.21 bits per heavy atom. The quantitative estimate of drug-likeness (QED) is 0.784. The first-order valence-electron chi connectivity index (χ1n) is 4.35. The molecular weight excluding hydrogens is 180 g/mol. The molecule has 4 heteroatoms. The van der Waals surface area contributed by atoms with Gasteiger partial charge in [0.05, 0.1) is 17.5 Å². The standard InChI is InChI=1S/C10H10N2O2/c13-5-6-14-10-8-3-1-2-4-9(8)11-7-12-10/h1-4,7,13H,5-6H2. The molecule has 1 N–H and O–H groups in total. The van der Waals surface area contributed by atoms with Gasteiger partial charge in [-0.1, -0.05) is 12.1 Å². The zero-order valence-electron chi connectivity index (χ0n) is 7.55. The predicted octanol–water partition coefficient (Wildman–Crippen LogP) is 1.00. The van der Waals surface area contributed by atoms with Crippen LogP contribution in [-0.4, -0.2) is 28.3 Å². The molecule has 0 atom stereocenters. The summed E-state index contributed by atoms with van der Waals surface area (Å²) in [7, 11) is 0. The molecule has 1 aromatic carbocycles. The van der Waals surface area contributed by atoms with Crippen molar-refractivity contribution in [3.8, 4) is 5.88 Å². The maximum atomic E-state index is 8.63. The smallest absolute Gasteiger partial charge is 0.224 e. The van der Waals surface area contributed by atoms with Crippen molar-refractivity contribution in [1.82, 2.24) is 9.97 Å². The van der Waals surface area contributed by atoms with Gasteiger partial charge < -0.3 is 9.84 Å². The molecule has 14 heavy (non-hydrogen) atoms. The van der Waals surface area contributed by atoms with E-state index < -0.39 is 0 Å². The van der Waals surface area contributed by atoms with E-state index in [1.54, 1.807) is 0 Å². The number of ether oxygens (including phenoxy) is 1. The van der Waals surface area contributed by atoms with Crippen LogP contribution < -0.4 is 4.74 Å². The Balaban J connectivity index is 2.43. The fourth-order valence-electron chi connectivity index (χ4n) is 1.24. The van der Waals surface area contributed by atoms with Crippen molar-refractivity contribution in [2.24, 2.45) is 0 Å². The van der Waals surface area contributed by atoms with Crippen LogP contribution in [0, 0.1) is 0 Å². The monoisotopic (exact) mass is 190 g/mol. The molecule has 0 amide bonds. The maximum absolute atomic E-state index is 8.63. The van der Waals surface area contributed by atoms with Crippen LogP contribution >= 0.6 is 0 Å². The van der Waals surface area contributed by atoms with Crippen LogP contribution in [0.2, 0.25) is 0 Å². The molecule has 0 spiro atoms. The molecule has 0 aliphatic carbocycles. The molecule has 1 heterocycles. The fourth-order valence-corrected chi connectivity index (χ4v) is 1.24. The SMILES string of the molecule is OCCOc1ncnc2ccccc12. The number of aliphatic hydroxyl groups excluding tert-OH is 1. The second-order valence-corrected chi connectivity index (χ2v) is 2.77. The highest BCUT2D eigenvalue weighted by atomic mass is 16.5. The zero-order chi connectivity index (χ0) is 9.80. The summed E-state index contributed by atoms with van der Waals surface area (Å²) in [5.41, 5.74) is 0.843. The first-order valence-corrected chi connectivity index (χ1v) is 4.35. The molecule has 1 aromatic heterocycles. The van der Waals surface area contributed by atoms with Gasteiger partial charge in [-0.05, 0) is 12.1 Å². The third-order valence-electron chi connectivity index (χ3n) is 1.84. The maximum Gasteiger partial charge on any atom is 0.224 e. The average molecular weight is 190 g/mol. The Morgan fingerprint density at radius 3 is 2.93 bits per heavy atom. The van der Waals surface area contributed by atoms with E-state index in [1.165, 1.54) is 6.33 Å². The summed E-state index contributed by atoms with van der Waals surface area (Å²) in [5, 5.41) is 9.50. The lowest BCUT2D eigenvalue weighted by Gasteiger charge is -2.05. The van der Waals surface area contributed by atoms with Gasteiger partial charge in [-0.2, -0.15) is 0 Å². The number of hydrogen-bond donors (Lipinski definition) is 1. The Labute approximate surface area is 81.2 Å². The number of benzene rings is 1. The van der Waals surface area contributed by atoms with Crippen LogP contribution in [0.3, 0.4) is 0 Å². The number of aliphatic hydroxyl groups is 1. The van der Waals surface area contributed by atoms with Crippen LogP contribution in [0.1, 0.15) is 0 Å². The number of aromatic nitrogens is 2. The molecule has 2 aromatic rings. The normalized spacial score (nSPS) is 10.4. The van der Waals surface area contributed by atoms with E-state index in [4.69, 9.17) is 9.84 Å². The minimum atomic E-state index is -0.0155. The van der Waals surface area contributed by atoms with Crippen molar-refractivity contribution in [2.75, 3.05) is 13.2 Å². The van der Waals surface area contributed by atoms with Gasteiger partial charge in [0, 0.05) is 0 Å². The van der Waals surface area contributed by atoms with E-state index in [2.05, 4.69) is 9.97 Å². The molecule has 0 unspecified atom stereocenters. The summed E-state index contributed by atoms with van der Waals surface area (Å²) >= 11 is 0. The van der Waals surface area contributed by atoms with Crippen molar-refractivity contribution in [3.05, 3.63) is 30.6 Å². The van der Waals surface area contributed by atoms with Gasteiger partial charge in [-0.15, -0.1) is 0 Å². The van der Waals surface area contributed by atoms with E-state index >= 15 is 0 Å². The highest BCUT2D eigenvalue weighted by molar-refractivity contribution is 5.82. The van der Waals surface area contributed by atoms with Gasteiger partial charge in [0.1, 0.15) is 12.9 Å². The van der Waals surface area contributed by atoms with E-state index in [9.17, 15) is 0 Å². The highest BCUT2D eigenvalue weighted by Crippen LogP contribution is 2.19. The highest BCUT2D eigenvalue weighted by Gasteiger charge is 2.02. The lowest BCUT2D eigenvalue weighted by molar-refractivity contribution is 0.198. The van der Waals surface area contributed by atoms with E-state index in [1.807, 2.05) is 24.3 Å². The van der Waals surface area contributed by atoms with Crippen LogP contribution in [0.25, 0.3) is 10.9 Å². The van der Waals surface area contributed by atoms with Gasteiger partial charge in [-0.25, -0.2) is 9.97 Å². The summed E-state index contributed by atoms with van der Waals surface area (Å²) in [4.78, 5) is 8.10. The van der Waals surface area contributed by atoms with Gasteiger partial charge in [0.15, 0.2) is 0 Å². The number of rotatable bonds is 3. The molecule has 2 rings (SSSR count). The molecule has 0 fully saturated rings. The second-order valence-electron chi connectivity index (χ2n) is 2.77. The predicted molar refractivity (Wildman–Crippen MR) is 52.1 cm³/mol. The van der Waals surface area contributed by atoms with E-state index in [-0.39, 0.29) is 13.2 Å². The molecule has 72 valence electrons. The topological polar surface area (TPSA) is 55.2 Å². The van der Waals surface area contributed by atoms with Gasteiger partial charge >= 0.3 is 0 Å². The van der Waals surface area contributed by atoms with Gasteiger partial charge in [-0.3, -0.25) is 0 Å². The molecule has 4 nitrogen and oxygen atoms in total. The zero-order valence-corrected chi connectivity index (χ0v) is 7.55. The van der Waals surface area contributed by atoms with Crippen molar-refractivity contribution in [2.45, 2.75) is 0 Å². The molecule has 0 aliphatic heterocycles. The molecule has 0 aliphatic rings. The van der Waals surface area contributed by atoms with E-state index in [0.717, 1.165) is 10.9 Å². The van der Waals surface area contributed by atoms with Crippen molar-refractivity contribution < 1.29 is 9.84 Å². The Bertz CT molecular complexity index is 426. The summed E-state index contributed by atoms with van der Waals surface area (Å²) in [5.74, 6) is 0.518. The van der Waals surface area contributed by atoms with E-state index in [0.29, 0.717) is 5.88 Å². The summed E-state index contributed by atoms with van der Waals surface area (Å²) in [6.45, 7) is 0.235. The van der Waals surface area contributed by atoms with Crippen LogP contribution in [0.5, 0.6) is 5.88 Å². The second kappa shape index (κ2) is 4.02. The third kappa shape index (κ3) is 1.65. The lowest BCUT2D eigenvalue weighted by Crippen LogP contribution is -2.03. The van der Waals surface area contributed by atoms with Crippen LogP contribution in [0.15, 0.2) is 30.6 Å². The lowest BCUT2D eigenvalue weighted by atomic mass is 10.2.